The number of nitrogens with one attached hydrogen (secondary N) is 1. The first-order chi connectivity index (χ1) is 6.37. The van der Waals surface area contributed by atoms with Crippen molar-refractivity contribution in [1.82, 2.24) is 4.72 Å². The summed E-state index contributed by atoms with van der Waals surface area (Å²) >= 11 is 0. The minimum atomic E-state index is -3.60. The molecular formula is C7H16N2O4S. The largest absolute Gasteiger partial charge is 0.465 e. The van der Waals surface area contributed by atoms with Crippen LogP contribution in [0.4, 0.5) is 0 Å². The number of ether oxygens (including phenoxy) is 1. The van der Waals surface area contributed by atoms with Crippen molar-refractivity contribution in [3.8, 4) is 0 Å². The zero-order valence-electron chi connectivity index (χ0n) is 8.32. The van der Waals surface area contributed by atoms with E-state index >= 15 is 0 Å². The van der Waals surface area contributed by atoms with Crippen LogP contribution in [0.25, 0.3) is 0 Å². The van der Waals surface area contributed by atoms with Gasteiger partial charge in [-0.2, -0.15) is 0 Å². The second kappa shape index (κ2) is 5.94. The van der Waals surface area contributed by atoms with Gasteiger partial charge in [0.25, 0.3) is 0 Å². The quantitative estimate of drug-likeness (QED) is 0.553. The van der Waals surface area contributed by atoms with E-state index in [1.54, 1.807) is 13.8 Å². The van der Waals surface area contributed by atoms with Gasteiger partial charge in [-0.3, -0.25) is 4.79 Å². The Morgan fingerprint density at radius 2 is 2.14 bits per heavy atom. The molecule has 1 unspecified atom stereocenters. The molecule has 7 heteroatoms. The molecule has 3 N–H and O–H groups in total. The van der Waals surface area contributed by atoms with Crippen LogP contribution in [0, 0.1) is 0 Å². The molecule has 1 atom stereocenters. The van der Waals surface area contributed by atoms with Crippen molar-refractivity contribution < 1.29 is 17.9 Å². The standard InChI is InChI=1S/C7H16N2O4S/c1-3-13-7(10)5-14(11,12)9-4-6(2)8/h6,9H,3-5,8H2,1-2H3. The molecule has 84 valence electrons. The SMILES string of the molecule is CCOC(=O)CS(=O)(=O)NCC(C)N. The normalized spacial score (nSPS) is 13.6. The lowest BCUT2D eigenvalue weighted by Crippen LogP contribution is -2.38. The van der Waals surface area contributed by atoms with Gasteiger partial charge in [-0.1, -0.05) is 0 Å². The highest BCUT2D eigenvalue weighted by Gasteiger charge is 2.16. The molecule has 0 spiro atoms. The second-order valence-electron chi connectivity index (χ2n) is 2.89. The molecule has 0 saturated carbocycles. The number of sulfonamides is 1. The molecule has 0 bridgehead atoms. The summed E-state index contributed by atoms with van der Waals surface area (Å²) in [5.74, 6) is -1.42. The molecule has 0 aromatic rings. The van der Waals surface area contributed by atoms with E-state index in [0.717, 1.165) is 0 Å². The van der Waals surface area contributed by atoms with Crippen LogP contribution in [0.2, 0.25) is 0 Å². The van der Waals surface area contributed by atoms with Crippen LogP contribution in [0.15, 0.2) is 0 Å². The van der Waals surface area contributed by atoms with Gasteiger partial charge >= 0.3 is 5.97 Å². The second-order valence-corrected chi connectivity index (χ2v) is 4.70. The first kappa shape index (κ1) is 13.3. The number of nitrogens with two attached hydrogens (primary N) is 1. The van der Waals surface area contributed by atoms with Crippen molar-refractivity contribution in [2.24, 2.45) is 5.73 Å². The Balaban J connectivity index is 4.01. The van der Waals surface area contributed by atoms with Crippen molar-refractivity contribution in [2.45, 2.75) is 19.9 Å². The highest BCUT2D eigenvalue weighted by atomic mass is 32.2. The molecule has 0 aromatic heterocycles. The van der Waals surface area contributed by atoms with Crippen LogP contribution in [0.5, 0.6) is 0 Å². The molecule has 0 aromatic carbocycles. The summed E-state index contributed by atoms with van der Waals surface area (Å²) in [7, 11) is -3.60. The van der Waals surface area contributed by atoms with E-state index in [0.29, 0.717) is 0 Å². The number of hydrogen-bond acceptors (Lipinski definition) is 5. The third kappa shape index (κ3) is 6.81. The lowest BCUT2D eigenvalue weighted by atomic mass is 10.4. The highest BCUT2D eigenvalue weighted by molar-refractivity contribution is 7.90. The molecule has 0 amide bonds. The molecular weight excluding hydrogens is 208 g/mol. The topological polar surface area (TPSA) is 98.5 Å². The van der Waals surface area contributed by atoms with Crippen LogP contribution < -0.4 is 10.5 Å². The van der Waals surface area contributed by atoms with Gasteiger partial charge in [-0.25, -0.2) is 13.1 Å². The summed E-state index contributed by atoms with van der Waals surface area (Å²) in [4.78, 5) is 10.8. The molecule has 0 aliphatic rings. The highest BCUT2D eigenvalue weighted by Crippen LogP contribution is 1.88. The lowest BCUT2D eigenvalue weighted by molar-refractivity contribution is -0.139. The smallest absolute Gasteiger partial charge is 0.322 e. The maximum absolute atomic E-state index is 11.2. The summed E-state index contributed by atoms with van der Waals surface area (Å²) in [6, 6.07) is -0.285. The Morgan fingerprint density at radius 3 is 2.57 bits per heavy atom. The van der Waals surface area contributed by atoms with Crippen molar-refractivity contribution in [3.05, 3.63) is 0 Å². The van der Waals surface area contributed by atoms with Gasteiger partial charge in [-0.05, 0) is 13.8 Å². The molecule has 0 fully saturated rings. The van der Waals surface area contributed by atoms with Crippen LogP contribution >= 0.6 is 0 Å². The number of rotatable bonds is 6. The molecule has 0 heterocycles. The number of esters is 1. The molecule has 6 nitrogen and oxygen atoms in total. The van der Waals surface area contributed by atoms with E-state index in [4.69, 9.17) is 5.73 Å². The molecule has 0 rings (SSSR count). The first-order valence-corrected chi connectivity index (χ1v) is 5.91. The molecule has 0 aliphatic heterocycles. The number of hydrogen-bond donors (Lipinski definition) is 2. The average Bonchev–Trinajstić information content (AvgIpc) is 2.00. The summed E-state index contributed by atoms with van der Waals surface area (Å²) in [6.07, 6.45) is 0. The zero-order chi connectivity index (χ0) is 11.2. The minimum absolute atomic E-state index is 0.113. The lowest BCUT2D eigenvalue weighted by Gasteiger charge is -2.07. The van der Waals surface area contributed by atoms with Crippen molar-refractivity contribution in [2.75, 3.05) is 18.9 Å². The molecule has 14 heavy (non-hydrogen) atoms. The van der Waals surface area contributed by atoms with E-state index in [1.165, 1.54) is 0 Å². The Kier molecular flexibility index (Phi) is 5.66. The summed E-state index contributed by atoms with van der Waals surface area (Å²) < 4.78 is 29.0. The first-order valence-electron chi connectivity index (χ1n) is 4.26. The van der Waals surface area contributed by atoms with Crippen LogP contribution in [-0.2, 0) is 19.6 Å². The Labute approximate surface area is 83.9 Å². The van der Waals surface area contributed by atoms with Gasteiger partial charge in [0, 0.05) is 12.6 Å². The van der Waals surface area contributed by atoms with Gasteiger partial charge < -0.3 is 10.5 Å². The Bertz CT molecular complexity index is 273. The van der Waals surface area contributed by atoms with Gasteiger partial charge in [0.05, 0.1) is 6.61 Å². The van der Waals surface area contributed by atoms with Crippen LogP contribution in [-0.4, -0.2) is 39.3 Å². The van der Waals surface area contributed by atoms with E-state index in [1.807, 2.05) is 0 Å². The van der Waals surface area contributed by atoms with E-state index in [9.17, 15) is 13.2 Å². The van der Waals surface area contributed by atoms with Crippen molar-refractivity contribution in [1.29, 1.82) is 0 Å². The van der Waals surface area contributed by atoms with E-state index in [2.05, 4.69) is 9.46 Å². The monoisotopic (exact) mass is 224 g/mol. The van der Waals surface area contributed by atoms with E-state index in [-0.39, 0.29) is 19.2 Å². The predicted molar refractivity (Wildman–Crippen MR) is 52.1 cm³/mol. The maximum Gasteiger partial charge on any atom is 0.322 e. The third-order valence-corrected chi connectivity index (χ3v) is 2.46. The Hall–Kier alpha value is -0.660. The fourth-order valence-corrected chi connectivity index (χ4v) is 1.68. The maximum atomic E-state index is 11.2. The third-order valence-electron chi connectivity index (χ3n) is 1.24. The Morgan fingerprint density at radius 1 is 1.57 bits per heavy atom. The molecule has 0 saturated heterocycles. The van der Waals surface area contributed by atoms with Gasteiger partial charge in [-0.15, -0.1) is 0 Å². The summed E-state index contributed by atoms with van der Waals surface area (Å²) in [6.45, 7) is 3.55. The predicted octanol–water partition coefficient (Wildman–Crippen LogP) is -1.18. The minimum Gasteiger partial charge on any atom is -0.465 e. The number of carbonyl (C=O) groups excluding carboxylic acids is 1. The average molecular weight is 224 g/mol. The summed E-state index contributed by atoms with van der Waals surface area (Å²) in [5.41, 5.74) is 5.35. The zero-order valence-corrected chi connectivity index (χ0v) is 9.13. The fraction of sp³-hybridized carbons (Fsp3) is 0.857. The van der Waals surface area contributed by atoms with E-state index < -0.39 is 21.7 Å². The fourth-order valence-electron chi connectivity index (χ4n) is 0.667. The van der Waals surface area contributed by atoms with Gasteiger partial charge in [0.1, 0.15) is 0 Å². The number of carbonyl (C=O) groups is 1. The van der Waals surface area contributed by atoms with Crippen molar-refractivity contribution in [3.63, 3.8) is 0 Å². The molecule has 0 radical (unpaired) electrons. The molecule has 0 aliphatic carbocycles. The summed E-state index contributed by atoms with van der Waals surface area (Å²) in [5, 5.41) is 0. The van der Waals surface area contributed by atoms with Gasteiger partial charge in [0.15, 0.2) is 5.75 Å². The van der Waals surface area contributed by atoms with Crippen molar-refractivity contribution >= 4 is 16.0 Å². The van der Waals surface area contributed by atoms with Gasteiger partial charge in [0.2, 0.25) is 10.0 Å². The van der Waals surface area contributed by atoms with Crippen LogP contribution in [0.3, 0.4) is 0 Å². The van der Waals surface area contributed by atoms with Crippen LogP contribution in [0.1, 0.15) is 13.8 Å².